The molecule has 1 N–H and O–H groups in total. The highest BCUT2D eigenvalue weighted by molar-refractivity contribution is 4.88. The monoisotopic (exact) mass is 242 g/mol. The van der Waals surface area contributed by atoms with E-state index in [9.17, 15) is 0 Å². The topological polar surface area (TPSA) is 24.5 Å². The van der Waals surface area contributed by atoms with Crippen LogP contribution in [-0.4, -0.2) is 50.8 Å². The first kappa shape index (κ1) is 14.9. The number of hydrogen-bond acceptors (Lipinski definition) is 3. The van der Waals surface area contributed by atoms with E-state index in [0.717, 1.165) is 44.2 Å². The lowest BCUT2D eigenvalue weighted by Crippen LogP contribution is -2.50. The zero-order valence-corrected chi connectivity index (χ0v) is 12.0. The molecular weight excluding hydrogens is 212 g/mol. The van der Waals surface area contributed by atoms with Crippen LogP contribution in [0, 0.1) is 11.8 Å². The Morgan fingerprint density at radius 2 is 2.12 bits per heavy atom. The first-order chi connectivity index (χ1) is 8.15. The fourth-order valence-electron chi connectivity index (χ4n) is 2.45. The SMILES string of the molecule is CCOCCN(C)C1CCC1CNCC(C)C. The molecule has 2 atom stereocenters. The summed E-state index contributed by atoms with van der Waals surface area (Å²) in [5, 5.41) is 3.58. The van der Waals surface area contributed by atoms with Gasteiger partial charge in [0.25, 0.3) is 0 Å². The van der Waals surface area contributed by atoms with Gasteiger partial charge in [0.15, 0.2) is 0 Å². The van der Waals surface area contributed by atoms with Crippen LogP contribution < -0.4 is 5.32 Å². The van der Waals surface area contributed by atoms with Gasteiger partial charge < -0.3 is 15.0 Å². The summed E-state index contributed by atoms with van der Waals surface area (Å²) in [6.07, 6.45) is 2.74. The molecule has 17 heavy (non-hydrogen) atoms. The largest absolute Gasteiger partial charge is 0.380 e. The molecule has 0 amide bonds. The van der Waals surface area contributed by atoms with E-state index in [-0.39, 0.29) is 0 Å². The molecule has 1 aliphatic rings. The summed E-state index contributed by atoms with van der Waals surface area (Å²) in [5.74, 6) is 1.60. The smallest absolute Gasteiger partial charge is 0.0593 e. The van der Waals surface area contributed by atoms with Crippen LogP contribution in [0.1, 0.15) is 33.6 Å². The van der Waals surface area contributed by atoms with Gasteiger partial charge in [-0.15, -0.1) is 0 Å². The van der Waals surface area contributed by atoms with Crippen LogP contribution in [0.15, 0.2) is 0 Å². The molecule has 3 heteroatoms. The Labute approximate surface area is 107 Å². The Kier molecular flexibility index (Phi) is 7.09. The molecule has 0 saturated heterocycles. The molecule has 0 aromatic rings. The quantitative estimate of drug-likeness (QED) is 0.626. The number of rotatable bonds is 9. The van der Waals surface area contributed by atoms with E-state index in [1.165, 1.54) is 19.4 Å². The van der Waals surface area contributed by atoms with E-state index in [0.29, 0.717) is 0 Å². The molecule has 1 saturated carbocycles. The standard InChI is InChI=1S/C14H30N2O/c1-5-17-9-8-16(4)14-7-6-13(14)11-15-10-12(2)3/h12-15H,5-11H2,1-4H3. The van der Waals surface area contributed by atoms with Crippen molar-refractivity contribution in [2.75, 3.05) is 39.9 Å². The van der Waals surface area contributed by atoms with Crippen molar-refractivity contribution in [3.05, 3.63) is 0 Å². The predicted octanol–water partition coefficient (Wildman–Crippen LogP) is 1.98. The summed E-state index contributed by atoms with van der Waals surface area (Å²) in [4.78, 5) is 2.47. The second-order valence-corrected chi connectivity index (χ2v) is 5.63. The third-order valence-electron chi connectivity index (χ3n) is 3.70. The Morgan fingerprint density at radius 3 is 2.65 bits per heavy atom. The van der Waals surface area contributed by atoms with Gasteiger partial charge in [0.05, 0.1) is 6.61 Å². The summed E-state index contributed by atoms with van der Waals surface area (Å²) in [6.45, 7) is 11.7. The molecule has 3 nitrogen and oxygen atoms in total. The molecular formula is C14H30N2O. The van der Waals surface area contributed by atoms with E-state index in [1.54, 1.807) is 0 Å². The van der Waals surface area contributed by atoms with Crippen LogP contribution in [0.4, 0.5) is 0 Å². The predicted molar refractivity (Wildman–Crippen MR) is 73.3 cm³/mol. The zero-order chi connectivity index (χ0) is 12.7. The van der Waals surface area contributed by atoms with E-state index in [4.69, 9.17) is 4.74 Å². The van der Waals surface area contributed by atoms with Crippen molar-refractivity contribution in [1.29, 1.82) is 0 Å². The number of likely N-dealkylation sites (N-methyl/N-ethyl adjacent to an activating group) is 1. The molecule has 1 aliphatic carbocycles. The van der Waals surface area contributed by atoms with Crippen LogP contribution in [0.5, 0.6) is 0 Å². The fraction of sp³-hybridized carbons (Fsp3) is 1.00. The van der Waals surface area contributed by atoms with Gasteiger partial charge >= 0.3 is 0 Å². The van der Waals surface area contributed by atoms with Gasteiger partial charge in [0, 0.05) is 19.2 Å². The molecule has 102 valence electrons. The molecule has 0 aromatic carbocycles. The van der Waals surface area contributed by atoms with Crippen LogP contribution >= 0.6 is 0 Å². The second-order valence-electron chi connectivity index (χ2n) is 5.63. The molecule has 0 heterocycles. The molecule has 0 bridgehead atoms. The maximum absolute atomic E-state index is 5.41. The molecule has 1 fully saturated rings. The lowest BCUT2D eigenvalue weighted by atomic mass is 9.78. The molecule has 1 rings (SSSR count). The zero-order valence-electron chi connectivity index (χ0n) is 12.0. The number of ether oxygens (including phenoxy) is 1. The summed E-state index contributed by atoms with van der Waals surface area (Å²) < 4.78 is 5.41. The minimum absolute atomic E-state index is 0.754. The van der Waals surface area contributed by atoms with Gasteiger partial charge in [-0.2, -0.15) is 0 Å². The van der Waals surface area contributed by atoms with Crippen molar-refractivity contribution in [3.63, 3.8) is 0 Å². The highest BCUT2D eigenvalue weighted by Gasteiger charge is 2.33. The highest BCUT2D eigenvalue weighted by atomic mass is 16.5. The minimum atomic E-state index is 0.754. The molecule has 0 aromatic heterocycles. The number of nitrogens with one attached hydrogen (secondary N) is 1. The lowest BCUT2D eigenvalue weighted by molar-refractivity contribution is 0.0497. The van der Waals surface area contributed by atoms with Crippen molar-refractivity contribution < 1.29 is 4.74 Å². The van der Waals surface area contributed by atoms with Crippen LogP contribution in [0.25, 0.3) is 0 Å². The average Bonchev–Trinajstić information content (AvgIpc) is 2.22. The van der Waals surface area contributed by atoms with Crippen molar-refractivity contribution >= 4 is 0 Å². The highest BCUT2D eigenvalue weighted by Crippen LogP contribution is 2.30. The van der Waals surface area contributed by atoms with Crippen LogP contribution in [0.3, 0.4) is 0 Å². The van der Waals surface area contributed by atoms with E-state index in [2.05, 4.69) is 38.0 Å². The van der Waals surface area contributed by atoms with Gasteiger partial charge in [-0.25, -0.2) is 0 Å². The minimum Gasteiger partial charge on any atom is -0.380 e. The van der Waals surface area contributed by atoms with Crippen molar-refractivity contribution in [1.82, 2.24) is 10.2 Å². The average molecular weight is 242 g/mol. The number of nitrogens with zero attached hydrogens (tertiary/aromatic N) is 1. The third kappa shape index (κ3) is 5.36. The van der Waals surface area contributed by atoms with Gasteiger partial charge in [0.1, 0.15) is 0 Å². The van der Waals surface area contributed by atoms with Gasteiger partial charge in [-0.05, 0) is 51.7 Å². The summed E-state index contributed by atoms with van der Waals surface area (Å²) in [5.41, 5.74) is 0. The fourth-order valence-corrected chi connectivity index (χ4v) is 2.45. The van der Waals surface area contributed by atoms with Crippen molar-refractivity contribution in [3.8, 4) is 0 Å². The third-order valence-corrected chi connectivity index (χ3v) is 3.70. The van der Waals surface area contributed by atoms with E-state index < -0.39 is 0 Å². The molecule has 0 radical (unpaired) electrons. The maximum atomic E-state index is 5.41. The Balaban J connectivity index is 2.12. The normalized spacial score (nSPS) is 24.4. The Hall–Kier alpha value is -0.120. The van der Waals surface area contributed by atoms with Crippen molar-refractivity contribution in [2.45, 2.75) is 39.7 Å². The molecule has 2 unspecified atom stereocenters. The first-order valence-corrected chi connectivity index (χ1v) is 7.13. The first-order valence-electron chi connectivity index (χ1n) is 7.13. The van der Waals surface area contributed by atoms with Crippen LogP contribution in [0.2, 0.25) is 0 Å². The Morgan fingerprint density at radius 1 is 1.35 bits per heavy atom. The molecule has 0 aliphatic heterocycles. The van der Waals surface area contributed by atoms with Gasteiger partial charge in [-0.1, -0.05) is 13.8 Å². The van der Waals surface area contributed by atoms with Gasteiger partial charge in [0.2, 0.25) is 0 Å². The lowest BCUT2D eigenvalue weighted by Gasteiger charge is -2.43. The maximum Gasteiger partial charge on any atom is 0.0593 e. The van der Waals surface area contributed by atoms with E-state index >= 15 is 0 Å². The summed E-state index contributed by atoms with van der Waals surface area (Å²) in [6, 6.07) is 0.773. The second kappa shape index (κ2) is 8.06. The summed E-state index contributed by atoms with van der Waals surface area (Å²) in [7, 11) is 2.23. The van der Waals surface area contributed by atoms with Crippen LogP contribution in [-0.2, 0) is 4.74 Å². The van der Waals surface area contributed by atoms with Crippen molar-refractivity contribution in [2.24, 2.45) is 11.8 Å². The summed E-state index contributed by atoms with van der Waals surface area (Å²) >= 11 is 0. The van der Waals surface area contributed by atoms with E-state index in [1.807, 2.05) is 0 Å². The number of hydrogen-bond donors (Lipinski definition) is 1. The Bertz CT molecular complexity index is 197. The van der Waals surface area contributed by atoms with Gasteiger partial charge in [-0.3, -0.25) is 0 Å². The molecule has 0 spiro atoms.